The van der Waals surface area contributed by atoms with E-state index in [9.17, 15) is 9.59 Å². The first-order valence-electron chi connectivity index (χ1n) is 10.1. The van der Waals surface area contributed by atoms with Gasteiger partial charge in [-0.2, -0.15) is 0 Å². The lowest BCUT2D eigenvalue weighted by atomic mass is 10.1. The highest BCUT2D eigenvalue weighted by Gasteiger charge is 2.14. The minimum absolute atomic E-state index is 0.0142. The van der Waals surface area contributed by atoms with Crippen LogP contribution < -0.4 is 5.32 Å². The average Bonchev–Trinajstić information content (AvgIpc) is 3.24. The molecule has 3 rings (SSSR count). The molecule has 0 atom stereocenters. The molecule has 0 fully saturated rings. The van der Waals surface area contributed by atoms with Gasteiger partial charge in [-0.3, -0.25) is 9.59 Å². The normalized spacial score (nSPS) is 10.6. The van der Waals surface area contributed by atoms with Gasteiger partial charge in [0.05, 0.1) is 12.7 Å². The molecule has 6 heteroatoms. The number of aromatic nitrogens is 1. The van der Waals surface area contributed by atoms with E-state index in [1.165, 1.54) is 5.56 Å². The van der Waals surface area contributed by atoms with E-state index in [1.54, 1.807) is 11.1 Å². The van der Waals surface area contributed by atoms with Gasteiger partial charge in [0.15, 0.2) is 11.7 Å². The zero-order chi connectivity index (χ0) is 21.3. The third-order valence-corrected chi connectivity index (χ3v) is 4.84. The number of amides is 2. The number of aryl methyl sites for hydroxylation is 2. The summed E-state index contributed by atoms with van der Waals surface area (Å²) in [7, 11) is 0. The molecular weight excluding hydrogens is 378 g/mol. The van der Waals surface area contributed by atoms with Gasteiger partial charge in [0.25, 0.3) is 0 Å². The SMILES string of the molecule is CCN(Cc1ccccc1)C(=O)CNC(=O)CCc1ncc(-c2ccc(C)cc2)o1. The third-order valence-electron chi connectivity index (χ3n) is 4.84. The van der Waals surface area contributed by atoms with E-state index in [0.717, 1.165) is 11.1 Å². The van der Waals surface area contributed by atoms with Crippen molar-refractivity contribution in [3.63, 3.8) is 0 Å². The van der Waals surface area contributed by atoms with Crippen molar-refractivity contribution in [1.82, 2.24) is 15.2 Å². The van der Waals surface area contributed by atoms with E-state index < -0.39 is 0 Å². The molecule has 1 aromatic heterocycles. The predicted molar refractivity (Wildman–Crippen MR) is 116 cm³/mol. The second kappa shape index (κ2) is 10.4. The van der Waals surface area contributed by atoms with Crippen molar-refractivity contribution >= 4 is 11.8 Å². The number of rotatable bonds is 9. The first-order valence-corrected chi connectivity index (χ1v) is 10.1. The number of carbonyl (C=O) groups excluding carboxylic acids is 2. The summed E-state index contributed by atoms with van der Waals surface area (Å²) >= 11 is 0. The average molecular weight is 405 g/mol. The summed E-state index contributed by atoms with van der Waals surface area (Å²) in [5.74, 6) is 0.882. The Hall–Kier alpha value is -3.41. The Morgan fingerprint density at radius 1 is 1.07 bits per heavy atom. The smallest absolute Gasteiger partial charge is 0.242 e. The van der Waals surface area contributed by atoms with Crippen molar-refractivity contribution < 1.29 is 14.0 Å². The molecule has 0 unspecified atom stereocenters. The number of oxazole rings is 1. The molecular formula is C24H27N3O3. The van der Waals surface area contributed by atoms with Crippen LogP contribution in [0.25, 0.3) is 11.3 Å². The number of hydrogen-bond acceptors (Lipinski definition) is 4. The lowest BCUT2D eigenvalue weighted by Gasteiger charge is -2.21. The number of carbonyl (C=O) groups is 2. The van der Waals surface area contributed by atoms with Gasteiger partial charge in [0.2, 0.25) is 11.8 Å². The molecule has 1 N–H and O–H groups in total. The van der Waals surface area contributed by atoms with Gasteiger partial charge in [-0.1, -0.05) is 60.2 Å². The van der Waals surface area contributed by atoms with Crippen LogP contribution in [-0.4, -0.2) is 34.8 Å². The van der Waals surface area contributed by atoms with Crippen molar-refractivity contribution in [1.29, 1.82) is 0 Å². The molecule has 2 amide bonds. The van der Waals surface area contributed by atoms with Gasteiger partial charge >= 0.3 is 0 Å². The van der Waals surface area contributed by atoms with Crippen LogP contribution in [0.1, 0.15) is 30.4 Å². The lowest BCUT2D eigenvalue weighted by molar-refractivity contribution is -0.133. The Kier molecular flexibility index (Phi) is 7.38. The largest absolute Gasteiger partial charge is 0.441 e. The number of hydrogen-bond donors (Lipinski definition) is 1. The summed E-state index contributed by atoms with van der Waals surface area (Å²) in [4.78, 5) is 30.5. The van der Waals surface area contributed by atoms with Crippen LogP contribution in [0.4, 0.5) is 0 Å². The summed E-state index contributed by atoms with van der Waals surface area (Å²) < 4.78 is 5.74. The maximum absolute atomic E-state index is 12.4. The van der Waals surface area contributed by atoms with E-state index >= 15 is 0 Å². The Balaban J connectivity index is 1.44. The number of nitrogens with zero attached hydrogens (tertiary/aromatic N) is 2. The highest BCUT2D eigenvalue weighted by atomic mass is 16.4. The molecule has 2 aromatic carbocycles. The molecule has 30 heavy (non-hydrogen) atoms. The molecule has 0 spiro atoms. The quantitative estimate of drug-likeness (QED) is 0.588. The minimum Gasteiger partial charge on any atom is -0.441 e. The van der Waals surface area contributed by atoms with E-state index in [2.05, 4.69) is 10.3 Å². The van der Waals surface area contributed by atoms with Gasteiger partial charge in [0.1, 0.15) is 0 Å². The van der Waals surface area contributed by atoms with Crippen LogP contribution in [0.2, 0.25) is 0 Å². The molecule has 0 saturated carbocycles. The van der Waals surface area contributed by atoms with Gasteiger partial charge in [-0.05, 0) is 19.4 Å². The Labute approximate surface area is 176 Å². The maximum atomic E-state index is 12.4. The first kappa shape index (κ1) is 21.3. The lowest BCUT2D eigenvalue weighted by Crippen LogP contribution is -2.39. The van der Waals surface area contributed by atoms with Gasteiger partial charge in [0, 0.05) is 31.5 Å². The maximum Gasteiger partial charge on any atom is 0.242 e. The van der Waals surface area contributed by atoms with Crippen LogP contribution in [0.15, 0.2) is 65.2 Å². The highest BCUT2D eigenvalue weighted by molar-refractivity contribution is 5.84. The second-order valence-corrected chi connectivity index (χ2v) is 7.15. The monoisotopic (exact) mass is 405 g/mol. The van der Waals surface area contributed by atoms with Gasteiger partial charge in [-0.15, -0.1) is 0 Å². The molecule has 0 radical (unpaired) electrons. The van der Waals surface area contributed by atoms with Crippen molar-refractivity contribution in [2.24, 2.45) is 0 Å². The molecule has 0 aliphatic rings. The zero-order valence-corrected chi connectivity index (χ0v) is 17.4. The predicted octanol–water partition coefficient (Wildman–Crippen LogP) is 3.75. The molecule has 0 bridgehead atoms. The second-order valence-electron chi connectivity index (χ2n) is 7.15. The first-order chi connectivity index (χ1) is 14.5. The van der Waals surface area contributed by atoms with Crippen LogP contribution >= 0.6 is 0 Å². The Bertz CT molecular complexity index is 965. The van der Waals surface area contributed by atoms with Crippen molar-refractivity contribution in [3.8, 4) is 11.3 Å². The molecule has 0 saturated heterocycles. The van der Waals surface area contributed by atoms with Crippen LogP contribution in [0.3, 0.4) is 0 Å². The Morgan fingerprint density at radius 2 is 1.80 bits per heavy atom. The van der Waals surface area contributed by atoms with Crippen molar-refractivity contribution in [2.45, 2.75) is 33.2 Å². The topological polar surface area (TPSA) is 75.4 Å². The standard InChI is InChI=1S/C24H27N3O3/c1-3-27(17-19-7-5-4-6-8-19)24(29)16-25-22(28)13-14-23-26-15-21(30-23)20-11-9-18(2)10-12-20/h4-12,15H,3,13-14,16-17H2,1-2H3,(H,25,28). The van der Waals surface area contributed by atoms with Crippen LogP contribution in [0, 0.1) is 6.92 Å². The summed E-state index contributed by atoms with van der Waals surface area (Å²) in [6.45, 7) is 5.06. The van der Waals surface area contributed by atoms with E-state index in [0.29, 0.717) is 31.2 Å². The van der Waals surface area contributed by atoms with Crippen molar-refractivity contribution in [2.75, 3.05) is 13.1 Å². The Morgan fingerprint density at radius 3 is 2.50 bits per heavy atom. The zero-order valence-electron chi connectivity index (χ0n) is 17.4. The summed E-state index contributed by atoms with van der Waals surface area (Å²) in [6.07, 6.45) is 2.27. The summed E-state index contributed by atoms with van der Waals surface area (Å²) in [6, 6.07) is 17.8. The number of nitrogens with one attached hydrogen (secondary N) is 1. The minimum atomic E-state index is -0.200. The molecule has 0 aliphatic heterocycles. The van der Waals surface area contributed by atoms with E-state index in [4.69, 9.17) is 4.42 Å². The molecule has 156 valence electrons. The summed E-state index contributed by atoms with van der Waals surface area (Å²) in [5.41, 5.74) is 3.19. The van der Waals surface area contributed by atoms with E-state index in [-0.39, 0.29) is 24.8 Å². The molecule has 0 aliphatic carbocycles. The van der Waals surface area contributed by atoms with Gasteiger partial charge in [-0.25, -0.2) is 4.98 Å². The van der Waals surface area contributed by atoms with Gasteiger partial charge < -0.3 is 14.6 Å². The number of benzene rings is 2. The number of likely N-dealkylation sites (N-methyl/N-ethyl adjacent to an activating group) is 1. The molecule has 1 heterocycles. The molecule has 3 aromatic rings. The fraction of sp³-hybridized carbons (Fsp3) is 0.292. The fourth-order valence-corrected chi connectivity index (χ4v) is 3.05. The van der Waals surface area contributed by atoms with Crippen LogP contribution in [0.5, 0.6) is 0 Å². The molecule has 6 nitrogen and oxygen atoms in total. The summed E-state index contributed by atoms with van der Waals surface area (Å²) in [5, 5.41) is 2.70. The fourth-order valence-electron chi connectivity index (χ4n) is 3.05. The van der Waals surface area contributed by atoms with E-state index in [1.807, 2.05) is 68.4 Å². The van der Waals surface area contributed by atoms with Crippen molar-refractivity contribution in [3.05, 3.63) is 77.8 Å². The third kappa shape index (κ3) is 6.04. The van der Waals surface area contributed by atoms with Crippen LogP contribution in [-0.2, 0) is 22.6 Å². The highest BCUT2D eigenvalue weighted by Crippen LogP contribution is 2.21.